The molecule has 3 heterocycles. The van der Waals surface area contributed by atoms with Gasteiger partial charge < -0.3 is 4.40 Å². The minimum Gasteiger partial charge on any atom is -0.307 e. The van der Waals surface area contributed by atoms with Gasteiger partial charge in [0, 0.05) is 16.8 Å². The highest BCUT2D eigenvalue weighted by molar-refractivity contribution is 6.32. The smallest absolute Gasteiger partial charge is 0.224 e. The van der Waals surface area contributed by atoms with Crippen LogP contribution in [-0.4, -0.2) is 4.40 Å². The Morgan fingerprint density at radius 1 is 0.700 bits per heavy atom. The van der Waals surface area contributed by atoms with E-state index in [-0.39, 0.29) is 0 Å². The molecular formula is C28H21N2+. The number of aromatic nitrogens is 2. The molecule has 3 aromatic heterocycles. The highest BCUT2D eigenvalue weighted by atomic mass is 15.0. The number of rotatable bonds is 0. The van der Waals surface area contributed by atoms with E-state index in [4.69, 9.17) is 0 Å². The minimum atomic E-state index is 1.29. The molecular weight excluding hydrogens is 364 g/mol. The van der Waals surface area contributed by atoms with Gasteiger partial charge in [-0.25, -0.2) is 4.57 Å². The highest BCUT2D eigenvalue weighted by Crippen LogP contribution is 2.44. The molecule has 7 aromatic rings. The van der Waals surface area contributed by atoms with E-state index in [1.807, 2.05) is 0 Å². The average molecular weight is 385 g/mol. The summed E-state index contributed by atoms with van der Waals surface area (Å²) in [6.45, 7) is 4.49. The summed E-state index contributed by atoms with van der Waals surface area (Å²) < 4.78 is 4.82. The molecule has 0 atom stereocenters. The normalized spacial score (nSPS) is 12.5. The molecule has 0 unspecified atom stereocenters. The van der Waals surface area contributed by atoms with Crippen molar-refractivity contribution in [2.75, 3.05) is 0 Å². The van der Waals surface area contributed by atoms with Crippen LogP contribution in [0.4, 0.5) is 0 Å². The van der Waals surface area contributed by atoms with Crippen molar-refractivity contribution in [2.45, 2.75) is 13.8 Å². The molecule has 142 valence electrons. The zero-order valence-corrected chi connectivity index (χ0v) is 17.3. The average Bonchev–Trinajstić information content (AvgIpc) is 3.10. The number of pyridine rings is 2. The summed E-state index contributed by atoms with van der Waals surface area (Å²) in [4.78, 5) is 0. The number of para-hydroxylation sites is 1. The number of hydrogen-bond donors (Lipinski definition) is 0. The second-order valence-corrected chi connectivity index (χ2v) is 8.65. The molecule has 30 heavy (non-hydrogen) atoms. The van der Waals surface area contributed by atoms with E-state index in [9.17, 15) is 0 Å². The van der Waals surface area contributed by atoms with Gasteiger partial charge in [-0.15, -0.1) is 0 Å². The first-order valence-corrected chi connectivity index (χ1v) is 10.5. The monoisotopic (exact) mass is 385 g/mol. The lowest BCUT2D eigenvalue weighted by atomic mass is 9.93. The summed E-state index contributed by atoms with van der Waals surface area (Å²) >= 11 is 0. The van der Waals surface area contributed by atoms with E-state index in [2.05, 4.69) is 103 Å². The van der Waals surface area contributed by atoms with E-state index in [0.717, 1.165) is 0 Å². The Kier molecular flexibility index (Phi) is 2.85. The zero-order valence-electron chi connectivity index (χ0n) is 17.3. The van der Waals surface area contributed by atoms with Crippen LogP contribution in [0, 0.1) is 13.8 Å². The quantitative estimate of drug-likeness (QED) is 0.158. The first kappa shape index (κ1) is 16.2. The lowest BCUT2D eigenvalue weighted by Gasteiger charge is -2.15. The second kappa shape index (κ2) is 5.28. The van der Waals surface area contributed by atoms with Gasteiger partial charge in [0.15, 0.2) is 6.20 Å². The molecule has 0 aliphatic heterocycles. The Bertz CT molecular complexity index is 1820. The fraction of sp³-hybridized carbons (Fsp3) is 0.107. The highest BCUT2D eigenvalue weighted by Gasteiger charge is 2.25. The van der Waals surface area contributed by atoms with Crippen LogP contribution < -0.4 is 4.57 Å². The van der Waals surface area contributed by atoms with Gasteiger partial charge in [0.1, 0.15) is 7.05 Å². The molecule has 0 fully saturated rings. The molecule has 0 N–H and O–H groups in total. The van der Waals surface area contributed by atoms with Crippen molar-refractivity contribution in [3.05, 3.63) is 84.1 Å². The lowest BCUT2D eigenvalue weighted by Crippen LogP contribution is -2.29. The van der Waals surface area contributed by atoms with Gasteiger partial charge in [-0.05, 0) is 53.3 Å². The summed E-state index contributed by atoms with van der Waals surface area (Å²) in [5.41, 5.74) is 7.90. The van der Waals surface area contributed by atoms with Crippen LogP contribution in [-0.2, 0) is 7.05 Å². The summed E-state index contributed by atoms with van der Waals surface area (Å²) in [6, 6.07) is 24.7. The van der Waals surface area contributed by atoms with Crippen molar-refractivity contribution in [1.29, 1.82) is 0 Å². The van der Waals surface area contributed by atoms with Crippen molar-refractivity contribution in [3.8, 4) is 0 Å². The Labute approximate surface area is 173 Å². The van der Waals surface area contributed by atoms with Crippen LogP contribution >= 0.6 is 0 Å². The molecule has 0 aliphatic rings. The molecule has 0 aliphatic carbocycles. The predicted octanol–water partition coefficient (Wildman–Crippen LogP) is 6.58. The molecule has 0 saturated carbocycles. The van der Waals surface area contributed by atoms with Gasteiger partial charge in [-0.1, -0.05) is 48.5 Å². The van der Waals surface area contributed by atoms with Gasteiger partial charge in [-0.3, -0.25) is 0 Å². The third-order valence-corrected chi connectivity index (χ3v) is 6.92. The van der Waals surface area contributed by atoms with E-state index < -0.39 is 0 Å². The standard InChI is InChI=1S/C28H21N2/c1-16-14-18-12-13-29(3)27-24-17(2)19-8-4-5-9-20(19)26-21-10-6-7-11-22(21)30(28(24)26)23(15-16)25(18)27/h4-15H,1-3H3/q+1. The molecule has 0 spiro atoms. The largest absolute Gasteiger partial charge is 0.307 e. The fourth-order valence-electron chi connectivity index (χ4n) is 5.73. The van der Waals surface area contributed by atoms with Gasteiger partial charge in [0.05, 0.1) is 27.3 Å². The van der Waals surface area contributed by atoms with Crippen molar-refractivity contribution in [1.82, 2.24) is 4.40 Å². The van der Waals surface area contributed by atoms with Crippen LogP contribution in [0.1, 0.15) is 11.1 Å². The van der Waals surface area contributed by atoms with Crippen LogP contribution in [0.15, 0.2) is 72.9 Å². The van der Waals surface area contributed by atoms with E-state index in [1.54, 1.807) is 0 Å². The molecule has 0 bridgehead atoms. The first-order valence-electron chi connectivity index (χ1n) is 10.5. The summed E-state index contributed by atoms with van der Waals surface area (Å²) in [5, 5.41) is 9.40. The van der Waals surface area contributed by atoms with Crippen molar-refractivity contribution >= 4 is 59.8 Å². The Hall–Kier alpha value is -3.65. The topological polar surface area (TPSA) is 8.29 Å². The van der Waals surface area contributed by atoms with Gasteiger partial charge in [0.25, 0.3) is 0 Å². The molecule has 7 rings (SSSR count). The lowest BCUT2D eigenvalue weighted by molar-refractivity contribution is -0.643. The maximum absolute atomic E-state index is 2.52. The molecule has 4 aromatic carbocycles. The van der Waals surface area contributed by atoms with E-state index in [1.165, 1.54) is 70.9 Å². The number of nitrogens with zero attached hydrogens (tertiary/aromatic N) is 2. The van der Waals surface area contributed by atoms with Crippen molar-refractivity contribution in [2.24, 2.45) is 7.05 Å². The van der Waals surface area contributed by atoms with E-state index in [0.29, 0.717) is 0 Å². The van der Waals surface area contributed by atoms with Crippen molar-refractivity contribution < 1.29 is 4.57 Å². The van der Waals surface area contributed by atoms with Gasteiger partial charge in [-0.2, -0.15) is 0 Å². The molecule has 0 radical (unpaired) electrons. The second-order valence-electron chi connectivity index (χ2n) is 8.65. The number of aryl methyl sites for hydroxylation is 3. The maximum atomic E-state index is 2.52. The summed E-state index contributed by atoms with van der Waals surface area (Å²) in [6.07, 6.45) is 2.21. The Balaban J connectivity index is 2.04. The van der Waals surface area contributed by atoms with Gasteiger partial charge in [0.2, 0.25) is 5.52 Å². The van der Waals surface area contributed by atoms with Gasteiger partial charge >= 0.3 is 0 Å². The number of hydrogen-bond acceptors (Lipinski definition) is 0. The summed E-state index contributed by atoms with van der Waals surface area (Å²) in [7, 11) is 2.18. The maximum Gasteiger partial charge on any atom is 0.224 e. The van der Waals surface area contributed by atoms with E-state index >= 15 is 0 Å². The number of benzene rings is 4. The van der Waals surface area contributed by atoms with Crippen LogP contribution in [0.3, 0.4) is 0 Å². The molecule has 0 amide bonds. The van der Waals surface area contributed by atoms with Crippen LogP contribution in [0.5, 0.6) is 0 Å². The minimum absolute atomic E-state index is 1.29. The van der Waals surface area contributed by atoms with Crippen molar-refractivity contribution in [3.63, 3.8) is 0 Å². The molecule has 2 heteroatoms. The molecule has 0 saturated heterocycles. The Morgan fingerprint density at radius 3 is 2.27 bits per heavy atom. The van der Waals surface area contributed by atoms with Crippen LogP contribution in [0.2, 0.25) is 0 Å². The van der Waals surface area contributed by atoms with Crippen LogP contribution in [0.25, 0.3) is 59.8 Å². The summed E-state index contributed by atoms with van der Waals surface area (Å²) in [5.74, 6) is 0. The first-order chi connectivity index (χ1) is 14.6. The third-order valence-electron chi connectivity index (χ3n) is 6.92. The predicted molar refractivity (Wildman–Crippen MR) is 127 cm³/mol. The third kappa shape index (κ3) is 1.74. The Morgan fingerprint density at radius 2 is 1.43 bits per heavy atom. The number of fused-ring (bicyclic) bond motifs is 7. The molecule has 2 nitrogen and oxygen atoms in total. The zero-order chi connectivity index (χ0) is 20.1. The fourth-order valence-corrected chi connectivity index (χ4v) is 5.73. The SMILES string of the molecule is Cc1cc2cc[n+](C)c3c4c(C)c5ccccc5c5c6ccccc6n(c(c1)c23)c45.